The zero-order valence-corrected chi connectivity index (χ0v) is 12.7. The first-order valence-electron chi connectivity index (χ1n) is 7.37. The Kier molecular flexibility index (Phi) is 6.52. The number of likely N-dealkylation sites (N-methyl/N-ethyl adjacent to an activating group) is 1. The third kappa shape index (κ3) is 4.96. The highest BCUT2D eigenvalue weighted by Crippen LogP contribution is 2.19. The van der Waals surface area contributed by atoms with Gasteiger partial charge in [-0.05, 0) is 40.2 Å². The number of hydrogen-bond donors (Lipinski definition) is 1. The molecular weight excluding hydrogens is 238 g/mol. The van der Waals surface area contributed by atoms with Crippen molar-refractivity contribution in [2.24, 2.45) is 5.73 Å². The lowest BCUT2D eigenvalue weighted by molar-refractivity contribution is -0.132. The standard InChI is InChI=1S/C15H29N3O/c1-5-17(10-12(2)3)15(19)11-18-9-7-6-8-14(18)13(4)16/h13-14H,2,5-11,16H2,1,3-4H3. The van der Waals surface area contributed by atoms with Gasteiger partial charge in [-0.2, -0.15) is 0 Å². The van der Waals surface area contributed by atoms with Gasteiger partial charge in [-0.25, -0.2) is 0 Å². The molecule has 1 amide bonds. The van der Waals surface area contributed by atoms with Crippen molar-refractivity contribution >= 4 is 5.91 Å². The summed E-state index contributed by atoms with van der Waals surface area (Å²) in [5.41, 5.74) is 7.07. The first-order valence-corrected chi connectivity index (χ1v) is 7.37. The van der Waals surface area contributed by atoms with Crippen LogP contribution < -0.4 is 5.73 Å². The molecule has 0 aromatic heterocycles. The minimum atomic E-state index is 0.129. The maximum absolute atomic E-state index is 12.3. The SMILES string of the molecule is C=C(C)CN(CC)C(=O)CN1CCCCC1C(C)N. The molecular formula is C15H29N3O. The molecule has 1 heterocycles. The molecule has 110 valence electrons. The molecule has 0 aliphatic carbocycles. The van der Waals surface area contributed by atoms with Crippen LogP contribution in [-0.2, 0) is 4.79 Å². The van der Waals surface area contributed by atoms with Crippen molar-refractivity contribution in [1.82, 2.24) is 9.80 Å². The number of nitrogens with zero attached hydrogens (tertiary/aromatic N) is 2. The van der Waals surface area contributed by atoms with E-state index in [1.54, 1.807) is 0 Å². The van der Waals surface area contributed by atoms with Crippen LogP contribution in [0, 0.1) is 0 Å². The summed E-state index contributed by atoms with van der Waals surface area (Å²) in [7, 11) is 0. The molecule has 4 heteroatoms. The topological polar surface area (TPSA) is 49.6 Å². The van der Waals surface area contributed by atoms with Crippen LogP contribution >= 0.6 is 0 Å². The third-order valence-electron chi connectivity index (χ3n) is 3.80. The Morgan fingerprint density at radius 3 is 2.74 bits per heavy atom. The molecule has 0 saturated carbocycles. The largest absolute Gasteiger partial charge is 0.338 e. The predicted octanol–water partition coefficient (Wildman–Crippen LogP) is 1.61. The Hall–Kier alpha value is -0.870. The molecule has 19 heavy (non-hydrogen) atoms. The first kappa shape index (κ1) is 16.2. The quantitative estimate of drug-likeness (QED) is 0.744. The normalized spacial score (nSPS) is 22.0. The van der Waals surface area contributed by atoms with Gasteiger partial charge >= 0.3 is 0 Å². The van der Waals surface area contributed by atoms with Crippen molar-refractivity contribution in [2.75, 3.05) is 26.2 Å². The number of hydrogen-bond acceptors (Lipinski definition) is 3. The molecule has 1 aliphatic heterocycles. The Bertz CT molecular complexity index is 315. The second-order valence-corrected chi connectivity index (χ2v) is 5.76. The molecule has 0 aromatic carbocycles. The Morgan fingerprint density at radius 2 is 2.21 bits per heavy atom. The van der Waals surface area contributed by atoms with E-state index in [0.717, 1.165) is 25.1 Å². The summed E-state index contributed by atoms with van der Waals surface area (Å²) in [5, 5.41) is 0. The molecule has 1 saturated heterocycles. The Morgan fingerprint density at radius 1 is 1.53 bits per heavy atom. The van der Waals surface area contributed by atoms with Gasteiger partial charge in [0, 0.05) is 25.2 Å². The lowest BCUT2D eigenvalue weighted by Crippen LogP contribution is -2.52. The molecule has 0 bridgehead atoms. The van der Waals surface area contributed by atoms with E-state index in [1.165, 1.54) is 12.8 Å². The monoisotopic (exact) mass is 267 g/mol. The van der Waals surface area contributed by atoms with E-state index in [9.17, 15) is 4.79 Å². The molecule has 0 aromatic rings. The Balaban J connectivity index is 2.59. The van der Waals surface area contributed by atoms with Crippen LogP contribution in [0.25, 0.3) is 0 Å². The second kappa shape index (κ2) is 7.65. The highest BCUT2D eigenvalue weighted by atomic mass is 16.2. The van der Waals surface area contributed by atoms with Crippen LogP contribution in [0.3, 0.4) is 0 Å². The van der Waals surface area contributed by atoms with Gasteiger partial charge in [0.25, 0.3) is 0 Å². The highest BCUT2D eigenvalue weighted by Gasteiger charge is 2.27. The van der Waals surface area contributed by atoms with Crippen molar-refractivity contribution in [3.05, 3.63) is 12.2 Å². The summed E-state index contributed by atoms with van der Waals surface area (Å²) < 4.78 is 0. The van der Waals surface area contributed by atoms with Gasteiger partial charge in [-0.3, -0.25) is 9.69 Å². The van der Waals surface area contributed by atoms with Gasteiger partial charge in [0.15, 0.2) is 0 Å². The summed E-state index contributed by atoms with van der Waals surface area (Å²) >= 11 is 0. The zero-order chi connectivity index (χ0) is 14.4. The fourth-order valence-corrected chi connectivity index (χ4v) is 2.78. The van der Waals surface area contributed by atoms with E-state index < -0.39 is 0 Å². The average Bonchev–Trinajstić information content (AvgIpc) is 2.35. The van der Waals surface area contributed by atoms with E-state index in [-0.39, 0.29) is 11.9 Å². The molecule has 1 aliphatic rings. The number of nitrogens with two attached hydrogens (primary N) is 1. The number of piperidine rings is 1. The lowest BCUT2D eigenvalue weighted by atomic mass is 9.97. The molecule has 4 nitrogen and oxygen atoms in total. The molecule has 0 spiro atoms. The minimum Gasteiger partial charge on any atom is -0.338 e. The fraction of sp³-hybridized carbons (Fsp3) is 0.800. The van der Waals surface area contributed by atoms with Crippen molar-refractivity contribution in [3.8, 4) is 0 Å². The summed E-state index contributed by atoms with van der Waals surface area (Å²) in [5.74, 6) is 0.193. The molecule has 2 N–H and O–H groups in total. The smallest absolute Gasteiger partial charge is 0.237 e. The Labute approximate surface area is 117 Å². The number of rotatable bonds is 6. The van der Waals surface area contributed by atoms with Gasteiger partial charge in [-0.1, -0.05) is 18.6 Å². The molecule has 2 atom stereocenters. The summed E-state index contributed by atoms with van der Waals surface area (Å²) in [6, 6.07) is 0.477. The van der Waals surface area contributed by atoms with E-state index in [4.69, 9.17) is 5.73 Å². The van der Waals surface area contributed by atoms with Gasteiger partial charge in [0.05, 0.1) is 6.54 Å². The van der Waals surface area contributed by atoms with Gasteiger partial charge in [0.1, 0.15) is 0 Å². The van der Waals surface area contributed by atoms with Crippen LogP contribution in [-0.4, -0.2) is 54.0 Å². The van der Waals surface area contributed by atoms with E-state index in [2.05, 4.69) is 11.5 Å². The van der Waals surface area contributed by atoms with Crippen LogP contribution in [0.1, 0.15) is 40.0 Å². The number of likely N-dealkylation sites (tertiary alicyclic amines) is 1. The lowest BCUT2D eigenvalue weighted by Gasteiger charge is -2.38. The third-order valence-corrected chi connectivity index (χ3v) is 3.80. The van der Waals surface area contributed by atoms with Gasteiger partial charge in [-0.15, -0.1) is 0 Å². The van der Waals surface area contributed by atoms with Crippen molar-refractivity contribution in [2.45, 2.75) is 52.1 Å². The predicted molar refractivity (Wildman–Crippen MR) is 79.9 cm³/mol. The van der Waals surface area contributed by atoms with Gasteiger partial charge < -0.3 is 10.6 Å². The molecule has 1 fully saturated rings. The summed E-state index contributed by atoms with van der Waals surface area (Å²) in [6.07, 6.45) is 3.50. The van der Waals surface area contributed by atoms with E-state index in [0.29, 0.717) is 19.1 Å². The second-order valence-electron chi connectivity index (χ2n) is 5.76. The fourth-order valence-electron chi connectivity index (χ4n) is 2.78. The van der Waals surface area contributed by atoms with Crippen LogP contribution in [0.15, 0.2) is 12.2 Å². The maximum atomic E-state index is 12.3. The maximum Gasteiger partial charge on any atom is 0.237 e. The molecule has 2 unspecified atom stereocenters. The van der Waals surface area contributed by atoms with Crippen LogP contribution in [0.4, 0.5) is 0 Å². The number of amides is 1. The average molecular weight is 267 g/mol. The number of carbonyl (C=O) groups is 1. The molecule has 1 rings (SSSR count). The summed E-state index contributed by atoms with van der Waals surface area (Å²) in [4.78, 5) is 16.5. The minimum absolute atomic E-state index is 0.129. The zero-order valence-electron chi connectivity index (χ0n) is 12.7. The van der Waals surface area contributed by atoms with Crippen molar-refractivity contribution in [1.29, 1.82) is 0 Å². The highest BCUT2D eigenvalue weighted by molar-refractivity contribution is 5.78. The van der Waals surface area contributed by atoms with Crippen LogP contribution in [0.2, 0.25) is 0 Å². The van der Waals surface area contributed by atoms with Crippen molar-refractivity contribution in [3.63, 3.8) is 0 Å². The van der Waals surface area contributed by atoms with Crippen LogP contribution in [0.5, 0.6) is 0 Å². The number of carbonyl (C=O) groups excluding carboxylic acids is 1. The van der Waals surface area contributed by atoms with E-state index in [1.807, 2.05) is 25.7 Å². The summed E-state index contributed by atoms with van der Waals surface area (Å²) in [6.45, 7) is 12.8. The first-order chi connectivity index (χ1) is 8.95. The van der Waals surface area contributed by atoms with Crippen molar-refractivity contribution < 1.29 is 4.79 Å². The molecule has 0 radical (unpaired) electrons. The van der Waals surface area contributed by atoms with E-state index >= 15 is 0 Å². The van der Waals surface area contributed by atoms with Gasteiger partial charge in [0.2, 0.25) is 5.91 Å².